The second-order valence-electron chi connectivity index (χ2n) is 7.21. The maximum Gasteiger partial charge on any atom is 0.298 e. The molecule has 1 N–H and O–H groups in total. The van der Waals surface area contributed by atoms with Crippen LogP contribution in [0.2, 0.25) is 0 Å². The maximum absolute atomic E-state index is 11.8. The molecular weight excluding hydrogens is 372 g/mol. The van der Waals surface area contributed by atoms with Gasteiger partial charge in [0, 0.05) is 0 Å². The van der Waals surface area contributed by atoms with Gasteiger partial charge in [-0.2, -0.15) is 8.42 Å². The number of aryl methyl sites for hydroxylation is 1. The molecule has 0 aliphatic rings. The van der Waals surface area contributed by atoms with E-state index in [9.17, 15) is 13.0 Å². The molecule has 0 unspecified atom stereocenters. The van der Waals surface area contributed by atoms with Crippen LogP contribution in [0.5, 0.6) is 11.5 Å². The monoisotopic (exact) mass is 404 g/mol. The molecule has 0 fully saturated rings. The summed E-state index contributed by atoms with van der Waals surface area (Å²) in [5.41, 5.74) is 0.807. The molecule has 154 valence electrons. The Morgan fingerprint density at radius 3 is 2.00 bits per heavy atom. The molecule has 0 amide bonds. The molecule has 0 radical (unpaired) electrons. The number of hydrogen-bond acceptors (Lipinski definition) is 3. The predicted octanol–water partition coefficient (Wildman–Crippen LogP) is 6.80. The third kappa shape index (κ3) is 7.64. The van der Waals surface area contributed by atoms with Gasteiger partial charge in [-0.1, -0.05) is 88.6 Å². The third-order valence-electron chi connectivity index (χ3n) is 4.85. The highest BCUT2D eigenvalue weighted by molar-refractivity contribution is 7.86. The van der Waals surface area contributed by atoms with Gasteiger partial charge in [0.25, 0.3) is 10.1 Å². The number of ether oxygens (including phenoxy) is 1. The molecule has 0 aliphatic carbocycles. The number of unbranched alkanes of at least 4 members (excludes halogenated alkanes) is 8. The van der Waals surface area contributed by atoms with E-state index in [2.05, 4.69) is 6.92 Å². The van der Waals surface area contributed by atoms with Gasteiger partial charge in [-0.05, 0) is 36.6 Å². The minimum absolute atomic E-state index is 0.176. The summed E-state index contributed by atoms with van der Waals surface area (Å²) in [4.78, 5) is -0.176. The van der Waals surface area contributed by atoms with Gasteiger partial charge in [-0.25, -0.2) is 0 Å². The van der Waals surface area contributed by atoms with Crippen molar-refractivity contribution in [3.63, 3.8) is 0 Å². The van der Waals surface area contributed by atoms with E-state index >= 15 is 0 Å². The van der Waals surface area contributed by atoms with Crippen LogP contribution in [0.4, 0.5) is 0 Å². The van der Waals surface area contributed by atoms with Crippen LogP contribution in [0.15, 0.2) is 53.4 Å². The average Bonchev–Trinajstić information content (AvgIpc) is 2.67. The summed E-state index contributed by atoms with van der Waals surface area (Å²) in [5, 5.41) is 0. The van der Waals surface area contributed by atoms with Gasteiger partial charge < -0.3 is 4.74 Å². The molecule has 2 rings (SSSR count). The average molecular weight is 405 g/mol. The first-order valence-corrected chi connectivity index (χ1v) is 11.8. The van der Waals surface area contributed by atoms with Gasteiger partial charge in [-0.15, -0.1) is 0 Å². The van der Waals surface area contributed by atoms with Crippen LogP contribution < -0.4 is 4.74 Å². The second kappa shape index (κ2) is 11.9. The Kier molecular flexibility index (Phi) is 9.51. The fourth-order valence-corrected chi connectivity index (χ4v) is 3.97. The Morgan fingerprint density at radius 1 is 0.786 bits per heavy atom. The lowest BCUT2D eigenvalue weighted by Crippen LogP contribution is -2.04. The zero-order chi connectivity index (χ0) is 20.2. The van der Waals surface area contributed by atoms with Gasteiger partial charge in [-0.3, -0.25) is 4.55 Å². The summed E-state index contributed by atoms with van der Waals surface area (Å²) in [6.45, 7) is 2.23. The second-order valence-corrected chi connectivity index (χ2v) is 8.60. The van der Waals surface area contributed by atoms with E-state index in [1.165, 1.54) is 51.0 Å². The molecule has 5 heteroatoms. The molecule has 28 heavy (non-hydrogen) atoms. The Hall–Kier alpha value is -1.85. The van der Waals surface area contributed by atoms with Crippen LogP contribution in [-0.2, 0) is 16.5 Å². The van der Waals surface area contributed by atoms with E-state index in [0.29, 0.717) is 5.75 Å². The number of benzene rings is 2. The molecule has 0 saturated heterocycles. The topological polar surface area (TPSA) is 63.6 Å². The first-order chi connectivity index (χ1) is 13.5. The molecule has 4 nitrogen and oxygen atoms in total. The van der Waals surface area contributed by atoms with Crippen LogP contribution in [0.25, 0.3) is 0 Å². The molecule has 0 heterocycles. The van der Waals surface area contributed by atoms with Crippen molar-refractivity contribution >= 4 is 10.1 Å². The van der Waals surface area contributed by atoms with Crippen molar-refractivity contribution in [2.24, 2.45) is 0 Å². The summed E-state index contributed by atoms with van der Waals surface area (Å²) in [6, 6.07) is 14.0. The van der Waals surface area contributed by atoms with Crippen molar-refractivity contribution in [3.8, 4) is 11.5 Å². The lowest BCUT2D eigenvalue weighted by Gasteiger charge is -2.14. The van der Waals surface area contributed by atoms with E-state index in [-0.39, 0.29) is 10.6 Å². The van der Waals surface area contributed by atoms with Crippen molar-refractivity contribution < 1.29 is 17.7 Å². The predicted molar refractivity (Wildman–Crippen MR) is 114 cm³/mol. The van der Waals surface area contributed by atoms with Crippen LogP contribution in [-0.4, -0.2) is 13.0 Å². The van der Waals surface area contributed by atoms with Crippen molar-refractivity contribution in [1.82, 2.24) is 0 Å². The minimum Gasteiger partial charge on any atom is -0.456 e. The highest BCUT2D eigenvalue weighted by Crippen LogP contribution is 2.33. The molecule has 2 aromatic carbocycles. The van der Waals surface area contributed by atoms with Crippen molar-refractivity contribution in [1.29, 1.82) is 0 Å². The molecule has 0 aliphatic heterocycles. The summed E-state index contributed by atoms with van der Waals surface area (Å²) < 4.78 is 39.0. The molecule has 0 spiro atoms. The molecule has 2 aromatic rings. The molecular formula is C23H32O4S. The molecule has 0 saturated carbocycles. The Labute approximate surface area is 169 Å². The van der Waals surface area contributed by atoms with E-state index in [1.54, 1.807) is 18.2 Å². The maximum atomic E-state index is 11.8. The normalized spacial score (nSPS) is 11.5. The van der Waals surface area contributed by atoms with Gasteiger partial charge >= 0.3 is 0 Å². The first-order valence-electron chi connectivity index (χ1n) is 10.3. The van der Waals surface area contributed by atoms with Gasteiger partial charge in [0.1, 0.15) is 10.6 Å². The van der Waals surface area contributed by atoms with Crippen LogP contribution in [0.1, 0.15) is 70.3 Å². The SMILES string of the molecule is CCCCCCCCCCCc1cccc(S(=O)(=O)O)c1Oc1ccccc1. The lowest BCUT2D eigenvalue weighted by atomic mass is 10.0. The van der Waals surface area contributed by atoms with Gasteiger partial charge in [0.2, 0.25) is 0 Å². The highest BCUT2D eigenvalue weighted by Gasteiger charge is 2.20. The van der Waals surface area contributed by atoms with E-state index < -0.39 is 10.1 Å². The van der Waals surface area contributed by atoms with Crippen molar-refractivity contribution in [3.05, 3.63) is 54.1 Å². The Bertz CT molecular complexity index is 801. The van der Waals surface area contributed by atoms with Gasteiger partial charge in [0.15, 0.2) is 5.75 Å². The third-order valence-corrected chi connectivity index (χ3v) is 5.73. The van der Waals surface area contributed by atoms with Crippen molar-refractivity contribution in [2.75, 3.05) is 0 Å². The van der Waals surface area contributed by atoms with E-state index in [0.717, 1.165) is 24.8 Å². The smallest absolute Gasteiger partial charge is 0.298 e. The fraction of sp³-hybridized carbons (Fsp3) is 0.478. The first kappa shape index (κ1) is 22.4. The standard InChI is InChI=1S/C23H32O4S/c1-2-3-4-5-6-7-8-9-11-15-20-16-14-19-22(28(24,25)26)23(20)27-21-17-12-10-13-18-21/h10,12-14,16-19H,2-9,11,15H2,1H3,(H,24,25,26). The molecule has 0 atom stereocenters. The Morgan fingerprint density at radius 2 is 1.39 bits per heavy atom. The summed E-state index contributed by atoms with van der Waals surface area (Å²) >= 11 is 0. The van der Waals surface area contributed by atoms with Crippen LogP contribution >= 0.6 is 0 Å². The zero-order valence-corrected chi connectivity index (χ0v) is 17.6. The quantitative estimate of drug-likeness (QED) is 0.294. The number of rotatable bonds is 13. The highest BCUT2D eigenvalue weighted by atomic mass is 32.2. The summed E-state index contributed by atoms with van der Waals surface area (Å²) in [5.74, 6) is 0.780. The van der Waals surface area contributed by atoms with E-state index in [1.807, 2.05) is 24.3 Å². The fourth-order valence-electron chi connectivity index (χ4n) is 3.31. The van der Waals surface area contributed by atoms with E-state index in [4.69, 9.17) is 4.74 Å². The lowest BCUT2D eigenvalue weighted by molar-refractivity contribution is 0.444. The largest absolute Gasteiger partial charge is 0.456 e. The number of hydrogen-bond donors (Lipinski definition) is 1. The number of para-hydroxylation sites is 2. The van der Waals surface area contributed by atoms with Crippen molar-refractivity contribution in [2.45, 2.75) is 76.0 Å². The molecule has 0 bridgehead atoms. The van der Waals surface area contributed by atoms with Crippen LogP contribution in [0.3, 0.4) is 0 Å². The van der Waals surface area contributed by atoms with Crippen LogP contribution in [0, 0.1) is 0 Å². The molecule has 0 aromatic heterocycles. The summed E-state index contributed by atoms with van der Waals surface area (Å²) in [7, 11) is -4.35. The summed E-state index contributed by atoms with van der Waals surface area (Å²) in [6.07, 6.45) is 11.8. The zero-order valence-electron chi connectivity index (χ0n) is 16.8. The minimum atomic E-state index is -4.35. The Balaban J connectivity index is 1.96. The van der Waals surface area contributed by atoms with Gasteiger partial charge in [0.05, 0.1) is 0 Å².